The molecule has 1 aromatic heterocycles. The van der Waals surface area contributed by atoms with E-state index in [-0.39, 0.29) is 5.56 Å². The van der Waals surface area contributed by atoms with E-state index in [2.05, 4.69) is 29.8 Å². The van der Waals surface area contributed by atoms with Crippen molar-refractivity contribution in [3.63, 3.8) is 0 Å². The van der Waals surface area contributed by atoms with Crippen LogP contribution in [0.3, 0.4) is 0 Å². The molecule has 0 unspecified atom stereocenters. The molecule has 0 N–H and O–H groups in total. The average Bonchev–Trinajstić information content (AvgIpc) is 2.18. The predicted octanol–water partition coefficient (Wildman–Crippen LogP) is 2.28. The first-order valence-electron chi connectivity index (χ1n) is 5.04. The van der Waals surface area contributed by atoms with Crippen molar-refractivity contribution >= 4 is 15.9 Å². The minimum Gasteiger partial charge on any atom is -0.379 e. The minimum absolute atomic E-state index is 0.00866. The second-order valence-electron chi connectivity index (χ2n) is 3.82. The second kappa shape index (κ2) is 6.08. The molecule has 0 saturated heterocycles. The fraction of sp³-hybridized carbons (Fsp3) is 0.545. The van der Waals surface area contributed by atoms with Crippen LogP contribution < -0.4 is 5.56 Å². The molecule has 0 bridgehead atoms. The Hall–Kier alpha value is -0.610. The maximum Gasteiger partial charge on any atom is 0.264 e. The van der Waals surface area contributed by atoms with Gasteiger partial charge < -0.3 is 9.30 Å². The number of hydrogen-bond donors (Lipinski definition) is 0. The summed E-state index contributed by atoms with van der Waals surface area (Å²) in [6.45, 7) is 6.12. The molecule has 15 heavy (non-hydrogen) atoms. The fourth-order valence-corrected chi connectivity index (χ4v) is 1.55. The van der Waals surface area contributed by atoms with Gasteiger partial charge in [-0.05, 0) is 34.0 Å². The molecular weight excluding hydrogens is 258 g/mol. The van der Waals surface area contributed by atoms with Crippen molar-refractivity contribution in [2.45, 2.75) is 20.4 Å². The standard InChI is InChI=1S/C11H16BrNO2/c1-9(2)8-15-7-6-13-5-3-4-10(12)11(13)14/h3-5,9H,6-8H2,1-2H3. The Bertz CT molecular complexity index is 360. The van der Waals surface area contributed by atoms with E-state index in [4.69, 9.17) is 4.74 Å². The van der Waals surface area contributed by atoms with Gasteiger partial charge in [-0.25, -0.2) is 0 Å². The van der Waals surface area contributed by atoms with Gasteiger partial charge in [-0.15, -0.1) is 0 Å². The van der Waals surface area contributed by atoms with Crippen LogP contribution >= 0.6 is 15.9 Å². The third-order valence-electron chi connectivity index (χ3n) is 1.90. The van der Waals surface area contributed by atoms with Crippen LogP contribution in [0.15, 0.2) is 27.6 Å². The van der Waals surface area contributed by atoms with Crippen LogP contribution in [0, 0.1) is 5.92 Å². The summed E-state index contributed by atoms with van der Waals surface area (Å²) in [6.07, 6.45) is 1.77. The maximum absolute atomic E-state index is 11.6. The topological polar surface area (TPSA) is 31.2 Å². The van der Waals surface area contributed by atoms with Crippen LogP contribution in [0.1, 0.15) is 13.8 Å². The SMILES string of the molecule is CC(C)COCCn1cccc(Br)c1=O. The molecule has 84 valence electrons. The van der Waals surface area contributed by atoms with Gasteiger partial charge >= 0.3 is 0 Å². The third-order valence-corrected chi connectivity index (χ3v) is 2.50. The van der Waals surface area contributed by atoms with E-state index in [9.17, 15) is 4.79 Å². The Balaban J connectivity index is 2.44. The van der Waals surface area contributed by atoms with Gasteiger partial charge in [0.25, 0.3) is 5.56 Å². The van der Waals surface area contributed by atoms with E-state index in [1.54, 1.807) is 16.8 Å². The van der Waals surface area contributed by atoms with E-state index in [0.29, 0.717) is 23.5 Å². The molecule has 0 aromatic carbocycles. The van der Waals surface area contributed by atoms with Gasteiger partial charge in [0, 0.05) is 19.3 Å². The third kappa shape index (κ3) is 4.18. The molecule has 0 saturated carbocycles. The number of aromatic nitrogens is 1. The number of pyridine rings is 1. The fourth-order valence-electron chi connectivity index (χ4n) is 1.17. The molecule has 0 amide bonds. The van der Waals surface area contributed by atoms with Crippen molar-refractivity contribution < 1.29 is 4.74 Å². The zero-order valence-corrected chi connectivity index (χ0v) is 10.7. The van der Waals surface area contributed by atoms with Gasteiger partial charge in [-0.3, -0.25) is 4.79 Å². The Morgan fingerprint density at radius 2 is 2.27 bits per heavy atom. The van der Waals surface area contributed by atoms with Gasteiger partial charge in [0.2, 0.25) is 0 Å². The number of ether oxygens (including phenoxy) is 1. The monoisotopic (exact) mass is 273 g/mol. The van der Waals surface area contributed by atoms with Crippen molar-refractivity contribution in [3.05, 3.63) is 33.2 Å². The highest BCUT2D eigenvalue weighted by atomic mass is 79.9. The lowest BCUT2D eigenvalue weighted by molar-refractivity contribution is 0.102. The lowest BCUT2D eigenvalue weighted by Crippen LogP contribution is -2.22. The van der Waals surface area contributed by atoms with Crippen LogP contribution in [0.25, 0.3) is 0 Å². The molecule has 0 spiro atoms. The van der Waals surface area contributed by atoms with Gasteiger partial charge in [0.1, 0.15) is 0 Å². The Morgan fingerprint density at radius 1 is 1.53 bits per heavy atom. The summed E-state index contributed by atoms with van der Waals surface area (Å²) in [6, 6.07) is 3.59. The molecule has 0 fully saturated rings. The highest BCUT2D eigenvalue weighted by Crippen LogP contribution is 2.00. The summed E-state index contributed by atoms with van der Waals surface area (Å²) in [5.41, 5.74) is -0.00866. The number of rotatable bonds is 5. The first-order valence-corrected chi connectivity index (χ1v) is 5.83. The van der Waals surface area contributed by atoms with Crippen molar-refractivity contribution in [2.75, 3.05) is 13.2 Å². The van der Waals surface area contributed by atoms with Gasteiger partial charge in [-0.1, -0.05) is 13.8 Å². The highest BCUT2D eigenvalue weighted by Gasteiger charge is 1.99. The van der Waals surface area contributed by atoms with Crippen LogP contribution in [-0.4, -0.2) is 17.8 Å². The summed E-state index contributed by atoms with van der Waals surface area (Å²) < 4.78 is 7.65. The van der Waals surface area contributed by atoms with E-state index in [1.807, 2.05) is 6.07 Å². The molecule has 0 aliphatic rings. The van der Waals surface area contributed by atoms with Crippen LogP contribution in [0.5, 0.6) is 0 Å². The zero-order valence-electron chi connectivity index (χ0n) is 9.07. The Labute approximate surface area is 98.2 Å². The number of nitrogens with zero attached hydrogens (tertiary/aromatic N) is 1. The summed E-state index contributed by atoms with van der Waals surface area (Å²) in [7, 11) is 0. The maximum atomic E-state index is 11.6. The molecule has 1 heterocycles. The molecular formula is C11H16BrNO2. The minimum atomic E-state index is -0.00866. The quantitative estimate of drug-likeness (QED) is 0.771. The van der Waals surface area contributed by atoms with Gasteiger partial charge in [-0.2, -0.15) is 0 Å². The van der Waals surface area contributed by atoms with Crippen molar-refractivity contribution in [3.8, 4) is 0 Å². The smallest absolute Gasteiger partial charge is 0.264 e. The molecule has 0 radical (unpaired) electrons. The normalized spacial score (nSPS) is 10.9. The summed E-state index contributed by atoms with van der Waals surface area (Å²) in [5.74, 6) is 0.532. The molecule has 0 atom stereocenters. The molecule has 4 heteroatoms. The van der Waals surface area contributed by atoms with Crippen LogP contribution in [0.4, 0.5) is 0 Å². The number of hydrogen-bond acceptors (Lipinski definition) is 2. The number of halogens is 1. The summed E-state index contributed by atoms with van der Waals surface area (Å²) in [4.78, 5) is 11.6. The lowest BCUT2D eigenvalue weighted by atomic mass is 10.2. The Morgan fingerprint density at radius 3 is 2.93 bits per heavy atom. The highest BCUT2D eigenvalue weighted by molar-refractivity contribution is 9.10. The van der Waals surface area contributed by atoms with Crippen molar-refractivity contribution in [2.24, 2.45) is 5.92 Å². The molecule has 1 aromatic rings. The second-order valence-corrected chi connectivity index (χ2v) is 4.68. The van der Waals surface area contributed by atoms with Crippen LogP contribution in [0.2, 0.25) is 0 Å². The first-order chi connectivity index (χ1) is 7.11. The molecule has 1 rings (SSSR count). The van der Waals surface area contributed by atoms with E-state index in [1.165, 1.54) is 0 Å². The van der Waals surface area contributed by atoms with Crippen molar-refractivity contribution in [1.29, 1.82) is 0 Å². The zero-order chi connectivity index (χ0) is 11.3. The largest absolute Gasteiger partial charge is 0.379 e. The molecule has 3 nitrogen and oxygen atoms in total. The molecule has 0 aliphatic carbocycles. The summed E-state index contributed by atoms with van der Waals surface area (Å²) in [5, 5.41) is 0. The first kappa shape index (κ1) is 12.5. The lowest BCUT2D eigenvalue weighted by Gasteiger charge is -2.08. The van der Waals surface area contributed by atoms with Gasteiger partial charge in [0.05, 0.1) is 11.1 Å². The van der Waals surface area contributed by atoms with E-state index >= 15 is 0 Å². The molecule has 0 aliphatic heterocycles. The predicted molar refractivity (Wildman–Crippen MR) is 64.1 cm³/mol. The van der Waals surface area contributed by atoms with E-state index < -0.39 is 0 Å². The van der Waals surface area contributed by atoms with Crippen molar-refractivity contribution in [1.82, 2.24) is 4.57 Å². The van der Waals surface area contributed by atoms with Crippen LogP contribution in [-0.2, 0) is 11.3 Å². The van der Waals surface area contributed by atoms with E-state index in [0.717, 1.165) is 6.61 Å². The van der Waals surface area contributed by atoms with Gasteiger partial charge in [0.15, 0.2) is 0 Å². The average molecular weight is 274 g/mol. The Kier molecular flexibility index (Phi) is 5.05. The summed E-state index contributed by atoms with van der Waals surface area (Å²) >= 11 is 3.20.